The normalized spacial score (nSPS) is 12.3. The first-order chi connectivity index (χ1) is 17.8. The Balaban J connectivity index is 1.34. The molecule has 0 spiro atoms. The zero-order valence-corrected chi connectivity index (χ0v) is 20.5. The summed E-state index contributed by atoms with van der Waals surface area (Å²) in [5.41, 5.74) is 10.9. The van der Waals surface area contributed by atoms with Gasteiger partial charge in [0.05, 0.1) is 0 Å². The van der Waals surface area contributed by atoms with Gasteiger partial charge < -0.3 is 0 Å². The fourth-order valence-corrected chi connectivity index (χ4v) is 7.29. The smallest absolute Gasteiger partial charge is 0.0434 e. The van der Waals surface area contributed by atoms with E-state index in [1.165, 1.54) is 75.5 Å². The zero-order chi connectivity index (χ0) is 23.6. The van der Waals surface area contributed by atoms with Gasteiger partial charge in [-0.15, -0.1) is 11.3 Å². The predicted molar refractivity (Wildman–Crippen MR) is 156 cm³/mol. The van der Waals surface area contributed by atoms with E-state index in [-0.39, 0.29) is 0 Å². The van der Waals surface area contributed by atoms with Crippen LogP contribution in [-0.2, 0) is 6.42 Å². The minimum atomic E-state index is 1.04. The molecule has 0 saturated heterocycles. The summed E-state index contributed by atoms with van der Waals surface area (Å²) < 4.78 is 2.73. The Morgan fingerprint density at radius 1 is 0.417 bits per heavy atom. The molecule has 0 radical (unpaired) electrons. The Bertz CT molecular complexity index is 1970. The first-order valence-corrected chi connectivity index (χ1v) is 13.3. The van der Waals surface area contributed by atoms with Crippen molar-refractivity contribution < 1.29 is 0 Å². The van der Waals surface area contributed by atoms with Crippen LogP contribution >= 0.6 is 11.3 Å². The first-order valence-electron chi connectivity index (χ1n) is 12.5. The molecule has 8 rings (SSSR count). The van der Waals surface area contributed by atoms with Crippen LogP contribution in [0.1, 0.15) is 11.1 Å². The average Bonchev–Trinajstić information content (AvgIpc) is 3.51. The number of rotatable bonds is 2. The summed E-state index contributed by atoms with van der Waals surface area (Å²) in [7, 11) is 0. The van der Waals surface area contributed by atoms with Gasteiger partial charge in [0.1, 0.15) is 0 Å². The number of hydrogen-bond acceptors (Lipinski definition) is 1. The molecule has 0 N–H and O–H groups in total. The third kappa shape index (κ3) is 2.93. The third-order valence-electron chi connectivity index (χ3n) is 7.69. The molecule has 0 aliphatic heterocycles. The molecule has 0 atom stereocenters. The maximum absolute atomic E-state index is 2.41. The average molecular weight is 475 g/mol. The topological polar surface area (TPSA) is 0 Å². The molecule has 7 aromatic rings. The summed E-state index contributed by atoms with van der Waals surface area (Å²) in [5.74, 6) is 0. The van der Waals surface area contributed by atoms with Crippen LogP contribution < -0.4 is 0 Å². The molecule has 0 nitrogen and oxygen atoms in total. The highest BCUT2D eigenvalue weighted by molar-refractivity contribution is 7.26. The number of benzene rings is 6. The van der Waals surface area contributed by atoms with E-state index >= 15 is 0 Å². The van der Waals surface area contributed by atoms with Crippen LogP contribution in [0.3, 0.4) is 0 Å². The standard InChI is InChI=1S/C35H22S/c1-2-8-23-19-25(16-15-22(23)7-1)29-11-5-13-31-32-14-6-12-30(35(32)36-34(29)31)27-18-17-26-20-24-9-3-4-10-28(24)33(26)21-27/h1-19,21H,20H2. The third-order valence-corrected chi connectivity index (χ3v) is 8.98. The largest absolute Gasteiger partial charge is 0.134 e. The van der Waals surface area contributed by atoms with Gasteiger partial charge in [-0.3, -0.25) is 0 Å². The second-order valence-corrected chi connectivity index (χ2v) is 10.8. The monoisotopic (exact) mass is 474 g/mol. The van der Waals surface area contributed by atoms with Crippen molar-refractivity contribution in [1.82, 2.24) is 0 Å². The van der Waals surface area contributed by atoms with E-state index in [2.05, 4.69) is 121 Å². The lowest BCUT2D eigenvalue weighted by Crippen LogP contribution is -1.83. The van der Waals surface area contributed by atoms with E-state index in [1.807, 2.05) is 11.3 Å². The van der Waals surface area contributed by atoms with Crippen molar-refractivity contribution in [2.45, 2.75) is 6.42 Å². The van der Waals surface area contributed by atoms with Crippen molar-refractivity contribution in [2.75, 3.05) is 0 Å². The molecule has 0 fully saturated rings. The van der Waals surface area contributed by atoms with Crippen LogP contribution in [0.2, 0.25) is 0 Å². The van der Waals surface area contributed by atoms with E-state index in [0.717, 1.165) is 6.42 Å². The lowest BCUT2D eigenvalue weighted by Gasteiger charge is -2.07. The van der Waals surface area contributed by atoms with E-state index < -0.39 is 0 Å². The van der Waals surface area contributed by atoms with Crippen molar-refractivity contribution >= 4 is 42.3 Å². The minimum Gasteiger partial charge on any atom is -0.134 e. The van der Waals surface area contributed by atoms with Crippen molar-refractivity contribution in [3.05, 3.63) is 132 Å². The van der Waals surface area contributed by atoms with Crippen molar-refractivity contribution in [3.8, 4) is 33.4 Å². The zero-order valence-electron chi connectivity index (χ0n) is 19.7. The molecule has 1 aliphatic rings. The molecule has 36 heavy (non-hydrogen) atoms. The van der Waals surface area contributed by atoms with Gasteiger partial charge in [0.2, 0.25) is 0 Å². The van der Waals surface area contributed by atoms with E-state index in [1.54, 1.807) is 0 Å². The van der Waals surface area contributed by atoms with Gasteiger partial charge in [-0.1, -0.05) is 109 Å². The van der Waals surface area contributed by atoms with Gasteiger partial charge in [-0.05, 0) is 73.8 Å². The fraction of sp³-hybridized carbons (Fsp3) is 0.0286. The van der Waals surface area contributed by atoms with Crippen LogP contribution in [0.4, 0.5) is 0 Å². The fourth-order valence-electron chi connectivity index (χ4n) is 5.92. The van der Waals surface area contributed by atoms with Crippen LogP contribution in [-0.4, -0.2) is 0 Å². The van der Waals surface area contributed by atoms with Gasteiger partial charge in [0, 0.05) is 20.2 Å². The van der Waals surface area contributed by atoms with E-state index in [9.17, 15) is 0 Å². The molecule has 0 bridgehead atoms. The molecule has 0 saturated carbocycles. The first kappa shape index (κ1) is 20.0. The Morgan fingerprint density at radius 3 is 1.83 bits per heavy atom. The summed E-state index contributed by atoms with van der Waals surface area (Å²) in [4.78, 5) is 0. The van der Waals surface area contributed by atoms with Crippen LogP contribution in [0.5, 0.6) is 0 Å². The molecule has 0 unspecified atom stereocenters. The molecule has 1 heteroatoms. The number of hydrogen-bond donors (Lipinski definition) is 0. The van der Waals surface area contributed by atoms with Crippen molar-refractivity contribution in [2.24, 2.45) is 0 Å². The minimum absolute atomic E-state index is 1.04. The van der Waals surface area contributed by atoms with Crippen molar-refractivity contribution in [3.63, 3.8) is 0 Å². The summed E-state index contributed by atoms with van der Waals surface area (Å²) in [6.45, 7) is 0. The summed E-state index contributed by atoms with van der Waals surface area (Å²) >= 11 is 1.93. The Hall–Kier alpha value is -4.20. The maximum atomic E-state index is 2.41. The molecular formula is C35H22S. The number of thiophene rings is 1. The Labute approximate surface area is 214 Å². The van der Waals surface area contributed by atoms with Crippen LogP contribution in [0, 0.1) is 0 Å². The lowest BCUT2D eigenvalue weighted by atomic mass is 9.96. The molecule has 1 aromatic heterocycles. The van der Waals surface area contributed by atoms with E-state index in [4.69, 9.17) is 0 Å². The predicted octanol–water partition coefficient (Wildman–Crippen LogP) is 10.1. The van der Waals surface area contributed by atoms with Gasteiger partial charge in [-0.2, -0.15) is 0 Å². The van der Waals surface area contributed by atoms with Gasteiger partial charge in [0.15, 0.2) is 0 Å². The molecule has 1 aliphatic carbocycles. The molecule has 6 aromatic carbocycles. The van der Waals surface area contributed by atoms with Crippen molar-refractivity contribution in [1.29, 1.82) is 0 Å². The van der Waals surface area contributed by atoms with Gasteiger partial charge >= 0.3 is 0 Å². The Kier molecular flexibility index (Phi) is 4.26. The molecule has 168 valence electrons. The number of fused-ring (bicyclic) bond motifs is 7. The van der Waals surface area contributed by atoms with Crippen LogP contribution in [0.25, 0.3) is 64.3 Å². The molecule has 0 amide bonds. The van der Waals surface area contributed by atoms with Gasteiger partial charge in [-0.25, -0.2) is 0 Å². The summed E-state index contributed by atoms with van der Waals surface area (Å²) in [6.07, 6.45) is 1.04. The summed E-state index contributed by atoms with van der Waals surface area (Å²) in [6, 6.07) is 44.9. The second-order valence-electron chi connectivity index (χ2n) is 9.73. The second kappa shape index (κ2) is 7.65. The highest BCUT2D eigenvalue weighted by atomic mass is 32.1. The Morgan fingerprint density at radius 2 is 1.03 bits per heavy atom. The molecular weight excluding hydrogens is 452 g/mol. The maximum Gasteiger partial charge on any atom is 0.0434 e. The highest BCUT2D eigenvalue weighted by Gasteiger charge is 2.19. The summed E-state index contributed by atoms with van der Waals surface area (Å²) in [5, 5.41) is 5.25. The lowest BCUT2D eigenvalue weighted by molar-refractivity contribution is 1.26. The van der Waals surface area contributed by atoms with Gasteiger partial charge in [0.25, 0.3) is 0 Å². The van der Waals surface area contributed by atoms with Crippen LogP contribution in [0.15, 0.2) is 121 Å². The van der Waals surface area contributed by atoms with E-state index in [0.29, 0.717) is 0 Å². The quantitative estimate of drug-likeness (QED) is 0.234. The molecule has 1 heterocycles. The highest BCUT2D eigenvalue weighted by Crippen LogP contribution is 2.45. The SMILES string of the molecule is c1ccc2c(c1)Cc1ccc(-c3cccc4c3sc3c(-c5ccc6ccccc6c5)cccc34)cc1-2.